The van der Waals surface area contributed by atoms with E-state index in [1.165, 1.54) is 0 Å². The summed E-state index contributed by atoms with van der Waals surface area (Å²) in [6.45, 7) is 8.47. The number of fused-ring (bicyclic) bond motifs is 1. The van der Waals surface area contributed by atoms with Crippen LogP contribution in [-0.2, 0) is 36.8 Å². The standard InChI is InChI=1S/C30H38N4O7/c1-6-18(2)26(33-24(35)14-19-10-8-7-9-11-19)27(37)31-17-25(36)34-22-13-12-21(32-29(40)41-30(3,4)5)15-20(22)16-23(34)28(38)39/h7-13,15,18,23,26H,6,14,16-17H2,1-5H3,(H,31,37)(H,32,40)(H,33,35)(H,38,39)/t18-,23?,26-/m0/s1. The predicted octanol–water partition coefficient (Wildman–Crippen LogP) is 3.27. The van der Waals surface area contributed by atoms with Crippen molar-refractivity contribution in [2.24, 2.45) is 5.92 Å². The molecule has 0 aromatic heterocycles. The minimum Gasteiger partial charge on any atom is -0.480 e. The van der Waals surface area contributed by atoms with Crippen molar-refractivity contribution >= 4 is 41.2 Å². The topological polar surface area (TPSA) is 154 Å². The summed E-state index contributed by atoms with van der Waals surface area (Å²) in [5.41, 5.74) is 1.44. The van der Waals surface area contributed by atoms with Gasteiger partial charge in [0.1, 0.15) is 17.7 Å². The van der Waals surface area contributed by atoms with Gasteiger partial charge in [-0.1, -0.05) is 50.6 Å². The van der Waals surface area contributed by atoms with E-state index in [1.807, 2.05) is 44.2 Å². The summed E-state index contributed by atoms with van der Waals surface area (Å²) < 4.78 is 5.26. The van der Waals surface area contributed by atoms with Crippen LogP contribution >= 0.6 is 0 Å². The first kappa shape index (κ1) is 31.1. The van der Waals surface area contributed by atoms with Gasteiger partial charge in [-0.2, -0.15) is 0 Å². The van der Waals surface area contributed by atoms with E-state index < -0.39 is 48.1 Å². The number of ether oxygens (including phenoxy) is 1. The van der Waals surface area contributed by atoms with Crippen LogP contribution in [0, 0.1) is 5.92 Å². The van der Waals surface area contributed by atoms with Gasteiger partial charge in [0.05, 0.1) is 13.0 Å². The van der Waals surface area contributed by atoms with Crippen molar-refractivity contribution in [1.29, 1.82) is 0 Å². The lowest BCUT2D eigenvalue weighted by atomic mass is 9.98. The molecule has 220 valence electrons. The minimum absolute atomic E-state index is 0.0270. The lowest BCUT2D eigenvalue weighted by molar-refractivity contribution is -0.139. The van der Waals surface area contributed by atoms with Gasteiger partial charge < -0.3 is 20.5 Å². The number of carboxylic acids is 1. The number of amides is 4. The van der Waals surface area contributed by atoms with Crippen LogP contribution in [-0.4, -0.2) is 59.1 Å². The molecule has 0 saturated heterocycles. The molecule has 41 heavy (non-hydrogen) atoms. The summed E-state index contributed by atoms with van der Waals surface area (Å²) >= 11 is 0. The number of nitrogens with zero attached hydrogens (tertiary/aromatic N) is 1. The molecule has 11 heteroatoms. The summed E-state index contributed by atoms with van der Waals surface area (Å²) in [5, 5.41) is 17.8. The van der Waals surface area contributed by atoms with Crippen molar-refractivity contribution in [2.45, 2.75) is 71.6 Å². The van der Waals surface area contributed by atoms with E-state index in [1.54, 1.807) is 39.0 Å². The third kappa shape index (κ3) is 8.54. The highest BCUT2D eigenvalue weighted by atomic mass is 16.6. The summed E-state index contributed by atoms with van der Waals surface area (Å²) in [4.78, 5) is 64.3. The molecule has 0 fully saturated rings. The van der Waals surface area contributed by atoms with Gasteiger partial charge >= 0.3 is 12.1 Å². The number of aliphatic carboxylic acids is 1. The van der Waals surface area contributed by atoms with Crippen molar-refractivity contribution < 1.29 is 33.8 Å². The molecule has 4 amide bonds. The largest absolute Gasteiger partial charge is 0.480 e. The van der Waals surface area contributed by atoms with Crippen LogP contribution in [0.4, 0.5) is 16.2 Å². The van der Waals surface area contributed by atoms with Crippen molar-refractivity contribution in [3.05, 3.63) is 59.7 Å². The van der Waals surface area contributed by atoms with E-state index in [2.05, 4.69) is 16.0 Å². The molecule has 0 spiro atoms. The van der Waals surface area contributed by atoms with Crippen LogP contribution in [0.2, 0.25) is 0 Å². The van der Waals surface area contributed by atoms with Crippen molar-refractivity contribution in [3.63, 3.8) is 0 Å². The highest BCUT2D eigenvalue weighted by molar-refractivity contribution is 6.04. The Hall–Kier alpha value is -4.41. The van der Waals surface area contributed by atoms with Crippen LogP contribution in [0.3, 0.4) is 0 Å². The highest BCUT2D eigenvalue weighted by Crippen LogP contribution is 2.34. The molecule has 1 aliphatic heterocycles. The number of hydrogen-bond acceptors (Lipinski definition) is 6. The van der Waals surface area contributed by atoms with Crippen molar-refractivity contribution in [1.82, 2.24) is 10.6 Å². The maximum Gasteiger partial charge on any atom is 0.412 e. The zero-order valence-electron chi connectivity index (χ0n) is 24.0. The summed E-state index contributed by atoms with van der Waals surface area (Å²) in [5.74, 6) is -2.88. The maximum absolute atomic E-state index is 13.2. The average molecular weight is 567 g/mol. The normalized spacial score (nSPS) is 15.7. The van der Waals surface area contributed by atoms with Gasteiger partial charge in [0.2, 0.25) is 17.7 Å². The van der Waals surface area contributed by atoms with E-state index in [9.17, 15) is 29.1 Å². The van der Waals surface area contributed by atoms with Crippen molar-refractivity contribution in [2.75, 3.05) is 16.8 Å². The van der Waals surface area contributed by atoms with Gasteiger partial charge in [0, 0.05) is 17.8 Å². The predicted molar refractivity (Wildman–Crippen MR) is 153 cm³/mol. The van der Waals surface area contributed by atoms with Crippen LogP contribution in [0.25, 0.3) is 0 Å². The number of anilines is 2. The Morgan fingerprint density at radius 3 is 2.37 bits per heavy atom. The molecule has 2 aromatic rings. The van der Waals surface area contributed by atoms with Gasteiger partial charge in [-0.15, -0.1) is 0 Å². The van der Waals surface area contributed by atoms with Crippen LogP contribution in [0.5, 0.6) is 0 Å². The first-order chi connectivity index (χ1) is 19.3. The number of nitrogens with one attached hydrogen (secondary N) is 3. The van der Waals surface area contributed by atoms with E-state index in [0.717, 1.165) is 10.5 Å². The van der Waals surface area contributed by atoms with Gasteiger partial charge in [-0.3, -0.25) is 24.6 Å². The van der Waals surface area contributed by atoms with Gasteiger partial charge in [0.15, 0.2) is 0 Å². The summed E-state index contributed by atoms with van der Waals surface area (Å²) in [6, 6.07) is 11.8. The number of carbonyl (C=O) groups excluding carboxylic acids is 4. The van der Waals surface area contributed by atoms with E-state index in [4.69, 9.17) is 4.74 Å². The third-order valence-electron chi connectivity index (χ3n) is 6.70. The number of rotatable bonds is 10. The fourth-order valence-electron chi connectivity index (χ4n) is 4.52. The van der Waals surface area contributed by atoms with E-state index in [0.29, 0.717) is 23.4 Å². The molecule has 3 atom stereocenters. The molecular formula is C30H38N4O7. The SMILES string of the molecule is CC[C@H](C)[C@H](NC(=O)Cc1ccccc1)C(=O)NCC(=O)N1c2ccc(NC(=O)OC(C)(C)C)cc2CC1C(=O)O. The Morgan fingerprint density at radius 2 is 1.76 bits per heavy atom. The molecule has 1 aliphatic rings. The first-order valence-electron chi connectivity index (χ1n) is 13.6. The molecule has 11 nitrogen and oxygen atoms in total. The monoisotopic (exact) mass is 566 g/mol. The Bertz CT molecular complexity index is 1290. The molecule has 0 bridgehead atoms. The van der Waals surface area contributed by atoms with E-state index >= 15 is 0 Å². The fourth-order valence-corrected chi connectivity index (χ4v) is 4.52. The molecule has 0 radical (unpaired) electrons. The second kappa shape index (κ2) is 13.3. The number of carbonyl (C=O) groups is 5. The smallest absolute Gasteiger partial charge is 0.412 e. The summed E-state index contributed by atoms with van der Waals surface area (Å²) in [6.07, 6.45) is 0.0832. The zero-order valence-corrected chi connectivity index (χ0v) is 24.0. The molecule has 4 N–H and O–H groups in total. The zero-order chi connectivity index (χ0) is 30.3. The molecular weight excluding hydrogens is 528 g/mol. The number of carboxylic acid groups (broad SMARTS) is 1. The second-order valence-electron chi connectivity index (χ2n) is 11.1. The van der Waals surface area contributed by atoms with Crippen LogP contribution in [0.15, 0.2) is 48.5 Å². The van der Waals surface area contributed by atoms with Gasteiger partial charge in [-0.25, -0.2) is 9.59 Å². The average Bonchev–Trinajstić information content (AvgIpc) is 3.28. The highest BCUT2D eigenvalue weighted by Gasteiger charge is 2.39. The van der Waals surface area contributed by atoms with Gasteiger partial charge in [-0.05, 0) is 56.0 Å². The summed E-state index contributed by atoms with van der Waals surface area (Å²) in [7, 11) is 0. The number of hydrogen-bond donors (Lipinski definition) is 4. The lowest BCUT2D eigenvalue weighted by Gasteiger charge is -2.26. The molecule has 1 unspecified atom stereocenters. The Labute approximate surface area is 239 Å². The van der Waals surface area contributed by atoms with Crippen LogP contribution < -0.4 is 20.9 Å². The Kier molecular flexibility index (Phi) is 10.1. The Balaban J connectivity index is 1.69. The van der Waals surface area contributed by atoms with Crippen LogP contribution in [0.1, 0.15) is 52.2 Å². The molecule has 2 aromatic carbocycles. The molecule has 1 heterocycles. The molecule has 0 aliphatic carbocycles. The van der Waals surface area contributed by atoms with E-state index in [-0.39, 0.29) is 24.7 Å². The van der Waals surface area contributed by atoms with Gasteiger partial charge in [0.25, 0.3) is 0 Å². The first-order valence-corrected chi connectivity index (χ1v) is 13.6. The maximum atomic E-state index is 13.2. The number of benzene rings is 2. The van der Waals surface area contributed by atoms with Crippen molar-refractivity contribution in [3.8, 4) is 0 Å². The minimum atomic E-state index is -1.20. The fraction of sp³-hybridized carbons (Fsp3) is 0.433. The lowest BCUT2D eigenvalue weighted by Crippen LogP contribution is -2.53. The third-order valence-corrected chi connectivity index (χ3v) is 6.70. The Morgan fingerprint density at radius 1 is 1.07 bits per heavy atom. The molecule has 3 rings (SSSR count). The second-order valence-corrected chi connectivity index (χ2v) is 11.1. The quantitative estimate of drug-likeness (QED) is 0.344. The molecule has 0 saturated carbocycles.